The monoisotopic (exact) mass is 470 g/mol. The molecule has 0 nitrogen and oxygen atoms in total. The molecule has 1 aliphatic carbocycles. The molecule has 0 atom stereocenters. The van der Waals surface area contributed by atoms with Crippen LogP contribution >= 0.6 is 0 Å². The van der Waals surface area contributed by atoms with Crippen LogP contribution in [0.5, 0.6) is 0 Å². The normalized spacial score (nSPS) is 18.7. The van der Waals surface area contributed by atoms with Crippen molar-refractivity contribution < 1.29 is 30.7 Å². The van der Waals surface area contributed by atoms with Crippen molar-refractivity contribution in [3.05, 3.63) is 58.7 Å². The van der Waals surface area contributed by atoms with Crippen LogP contribution in [0.1, 0.15) is 63.0 Å². The topological polar surface area (TPSA) is 0 Å². The lowest BCUT2D eigenvalue weighted by atomic mass is 9.78. The van der Waals surface area contributed by atoms with E-state index < -0.39 is 46.1 Å². The molecule has 3 rings (SSSR count). The Kier molecular flexibility index (Phi) is 8.10. The molecule has 0 aliphatic heterocycles. The molecule has 0 saturated heterocycles. The summed E-state index contributed by atoms with van der Waals surface area (Å²) in [6.45, 7) is 2.18. The highest BCUT2D eigenvalue weighted by atomic mass is 19.4. The summed E-state index contributed by atoms with van der Waals surface area (Å²) >= 11 is 0. The van der Waals surface area contributed by atoms with E-state index in [2.05, 4.69) is 6.92 Å². The van der Waals surface area contributed by atoms with E-state index in [-0.39, 0.29) is 0 Å². The Balaban J connectivity index is 1.74. The van der Waals surface area contributed by atoms with E-state index in [1.54, 1.807) is 0 Å². The second-order valence-corrected chi connectivity index (χ2v) is 8.71. The van der Waals surface area contributed by atoms with Gasteiger partial charge in [-0.1, -0.05) is 51.4 Å². The number of alkyl halides is 3. The summed E-state index contributed by atoms with van der Waals surface area (Å²) in [5.74, 6) is -1.37. The van der Waals surface area contributed by atoms with Gasteiger partial charge in [0.15, 0.2) is 0 Å². The molecule has 1 fully saturated rings. The molecule has 2 aromatic rings. The van der Waals surface area contributed by atoms with E-state index in [1.807, 2.05) is 0 Å². The van der Waals surface area contributed by atoms with Crippen LogP contribution in [0, 0.1) is 46.9 Å². The third kappa shape index (κ3) is 6.75. The Morgan fingerprint density at radius 3 is 1.79 bits per heavy atom. The van der Waals surface area contributed by atoms with Crippen LogP contribution in [0.4, 0.5) is 30.7 Å². The molecule has 1 saturated carbocycles. The van der Waals surface area contributed by atoms with Crippen LogP contribution in [-0.4, -0.2) is 6.18 Å². The zero-order valence-electron chi connectivity index (χ0n) is 18.3. The predicted octanol–water partition coefficient (Wildman–Crippen LogP) is 8.36. The summed E-state index contributed by atoms with van der Waals surface area (Å²) in [7, 11) is 0. The Morgan fingerprint density at radius 1 is 0.788 bits per heavy atom. The summed E-state index contributed by atoms with van der Waals surface area (Å²) in [6, 6.07) is 3.46. The summed E-state index contributed by atoms with van der Waals surface area (Å²) in [5.41, 5.74) is -1.73. The van der Waals surface area contributed by atoms with E-state index in [9.17, 15) is 30.7 Å². The highest BCUT2D eigenvalue weighted by Crippen LogP contribution is 2.35. The van der Waals surface area contributed by atoms with Crippen molar-refractivity contribution in [2.45, 2.75) is 64.5 Å². The number of benzene rings is 2. The second kappa shape index (κ2) is 10.6. The maximum atomic E-state index is 14.7. The molecule has 7 heteroatoms. The molecular weight excluding hydrogens is 445 g/mol. The van der Waals surface area contributed by atoms with Gasteiger partial charge in [0, 0.05) is 5.92 Å². The SMILES string of the molecule is CCCC1CCC(CCc2cc(F)c(-c3cc(F)c(C#CC(F)(F)F)c(F)c3)c(F)c2)CC1. The first-order valence-corrected chi connectivity index (χ1v) is 11.1. The van der Waals surface area contributed by atoms with Crippen molar-refractivity contribution >= 4 is 0 Å². The minimum absolute atomic E-state index is 0.446. The standard InChI is InChI=1S/C26H25F7/c1-2-3-16-4-6-17(7-5-16)8-9-18-12-23(29)25(24(30)13-18)19-14-21(27)20(22(28)15-19)10-11-26(31,32)33/h12-17H,2-9H2,1H3. The van der Waals surface area contributed by atoms with Gasteiger partial charge in [-0.3, -0.25) is 0 Å². The molecule has 0 spiro atoms. The van der Waals surface area contributed by atoms with Gasteiger partial charge < -0.3 is 0 Å². The highest BCUT2D eigenvalue weighted by molar-refractivity contribution is 5.67. The first-order chi connectivity index (χ1) is 15.6. The Hall–Kier alpha value is -2.49. The zero-order chi connectivity index (χ0) is 24.2. The molecule has 0 amide bonds. The molecule has 0 N–H and O–H groups in total. The molecule has 33 heavy (non-hydrogen) atoms. The molecular formula is C26H25F7. The van der Waals surface area contributed by atoms with Crippen molar-refractivity contribution in [2.75, 3.05) is 0 Å². The summed E-state index contributed by atoms with van der Waals surface area (Å²) in [5, 5.41) is 0. The van der Waals surface area contributed by atoms with Crippen LogP contribution in [0.15, 0.2) is 24.3 Å². The fraction of sp³-hybridized carbons (Fsp3) is 0.462. The van der Waals surface area contributed by atoms with Crippen molar-refractivity contribution in [2.24, 2.45) is 11.8 Å². The summed E-state index contributed by atoms with van der Waals surface area (Å²) in [4.78, 5) is 0. The van der Waals surface area contributed by atoms with Gasteiger partial charge in [0.25, 0.3) is 0 Å². The van der Waals surface area contributed by atoms with Gasteiger partial charge in [0.05, 0.1) is 11.1 Å². The predicted molar refractivity (Wildman–Crippen MR) is 113 cm³/mol. The lowest BCUT2D eigenvalue weighted by Gasteiger charge is -2.28. The van der Waals surface area contributed by atoms with Crippen LogP contribution < -0.4 is 0 Å². The molecule has 1 aliphatic rings. The molecule has 0 radical (unpaired) electrons. The minimum atomic E-state index is -4.93. The summed E-state index contributed by atoms with van der Waals surface area (Å²) < 4.78 is 94.3. The van der Waals surface area contributed by atoms with E-state index in [0.29, 0.717) is 30.0 Å². The third-order valence-electron chi connectivity index (χ3n) is 6.27. The number of halogens is 7. The molecule has 0 bridgehead atoms. The molecule has 0 heterocycles. The Labute approximate surface area is 189 Å². The third-order valence-corrected chi connectivity index (χ3v) is 6.27. The largest absolute Gasteiger partial charge is 0.458 e. The molecule has 0 aromatic heterocycles. The smallest absolute Gasteiger partial charge is 0.206 e. The van der Waals surface area contributed by atoms with Gasteiger partial charge in [0.2, 0.25) is 0 Å². The van der Waals surface area contributed by atoms with Crippen molar-refractivity contribution in [3.8, 4) is 23.0 Å². The quantitative estimate of drug-likeness (QED) is 0.294. The fourth-order valence-corrected chi connectivity index (χ4v) is 4.60. The van der Waals surface area contributed by atoms with Gasteiger partial charge in [0.1, 0.15) is 23.3 Å². The van der Waals surface area contributed by atoms with Crippen LogP contribution in [-0.2, 0) is 6.42 Å². The Morgan fingerprint density at radius 2 is 1.30 bits per heavy atom. The van der Waals surface area contributed by atoms with Crippen LogP contribution in [0.3, 0.4) is 0 Å². The average molecular weight is 470 g/mol. The van der Waals surface area contributed by atoms with E-state index >= 15 is 0 Å². The van der Waals surface area contributed by atoms with Crippen LogP contribution in [0.25, 0.3) is 11.1 Å². The summed E-state index contributed by atoms with van der Waals surface area (Å²) in [6.07, 6.45) is 3.37. The van der Waals surface area contributed by atoms with Gasteiger partial charge in [-0.15, -0.1) is 0 Å². The first-order valence-electron chi connectivity index (χ1n) is 11.1. The first kappa shape index (κ1) is 25.1. The minimum Gasteiger partial charge on any atom is -0.206 e. The van der Waals surface area contributed by atoms with E-state index in [0.717, 1.165) is 43.2 Å². The van der Waals surface area contributed by atoms with Crippen molar-refractivity contribution in [1.82, 2.24) is 0 Å². The lowest BCUT2D eigenvalue weighted by Crippen LogP contribution is -2.15. The average Bonchev–Trinajstić information content (AvgIpc) is 2.71. The van der Waals surface area contributed by atoms with Crippen molar-refractivity contribution in [1.29, 1.82) is 0 Å². The maximum absolute atomic E-state index is 14.7. The van der Waals surface area contributed by atoms with E-state index in [1.165, 1.54) is 31.6 Å². The number of hydrogen-bond donors (Lipinski definition) is 0. The maximum Gasteiger partial charge on any atom is 0.458 e. The fourth-order valence-electron chi connectivity index (χ4n) is 4.60. The highest BCUT2D eigenvalue weighted by Gasteiger charge is 2.24. The molecule has 2 aromatic carbocycles. The lowest BCUT2D eigenvalue weighted by molar-refractivity contribution is -0.0696. The van der Waals surface area contributed by atoms with Crippen LogP contribution in [0.2, 0.25) is 0 Å². The number of rotatable bonds is 6. The van der Waals surface area contributed by atoms with Crippen molar-refractivity contribution in [3.63, 3.8) is 0 Å². The number of aryl methyl sites for hydroxylation is 1. The van der Waals surface area contributed by atoms with Gasteiger partial charge >= 0.3 is 6.18 Å². The van der Waals surface area contributed by atoms with Gasteiger partial charge in [-0.2, -0.15) is 13.2 Å². The number of hydrogen-bond acceptors (Lipinski definition) is 0. The molecule has 178 valence electrons. The zero-order valence-corrected chi connectivity index (χ0v) is 18.3. The van der Waals surface area contributed by atoms with E-state index in [4.69, 9.17) is 0 Å². The Bertz CT molecular complexity index is 989. The van der Waals surface area contributed by atoms with Gasteiger partial charge in [-0.05, 0) is 60.1 Å². The molecule has 0 unspecified atom stereocenters. The van der Waals surface area contributed by atoms with Gasteiger partial charge in [-0.25, -0.2) is 17.6 Å². The second-order valence-electron chi connectivity index (χ2n) is 8.71.